The molecule has 1 heterocycles. The number of nitrogens with one attached hydrogen (secondary N) is 1. The van der Waals surface area contributed by atoms with E-state index >= 15 is 0 Å². The lowest BCUT2D eigenvalue weighted by Gasteiger charge is -2.21. The molecule has 0 saturated carbocycles. The number of halogens is 3. The molecule has 2 atom stereocenters. The summed E-state index contributed by atoms with van der Waals surface area (Å²) in [6.07, 6.45) is -2.62. The van der Waals surface area contributed by atoms with Gasteiger partial charge in [-0.05, 0) is 43.7 Å². The maximum Gasteiger partial charge on any atom is 0.416 e. The Kier molecular flexibility index (Phi) is 4.63. The van der Waals surface area contributed by atoms with Gasteiger partial charge in [0.15, 0.2) is 0 Å². The molecule has 2 aromatic rings. The largest absolute Gasteiger partial charge is 0.416 e. The van der Waals surface area contributed by atoms with Gasteiger partial charge in [0.2, 0.25) is 0 Å². The third-order valence-corrected chi connectivity index (χ3v) is 3.35. The number of alkyl halides is 3. The molecule has 1 unspecified atom stereocenters. The molecule has 0 amide bonds. The smallest absolute Gasteiger partial charge is 0.302 e. The highest BCUT2D eigenvalue weighted by molar-refractivity contribution is 5.28. The summed E-state index contributed by atoms with van der Waals surface area (Å²) in [4.78, 5) is 4.24. The zero-order valence-corrected chi connectivity index (χ0v) is 11.9. The molecule has 5 heteroatoms. The van der Waals surface area contributed by atoms with Gasteiger partial charge in [-0.3, -0.25) is 4.98 Å². The SMILES string of the molecule is CC(N[C@H](C)c1ccccn1)c1cccc(C(F)(F)F)c1. The summed E-state index contributed by atoms with van der Waals surface area (Å²) < 4.78 is 38.2. The normalized spacial score (nSPS) is 14.7. The first-order valence-electron chi connectivity index (χ1n) is 6.72. The molecule has 1 aromatic carbocycles. The third-order valence-electron chi connectivity index (χ3n) is 3.35. The maximum absolute atomic E-state index is 12.7. The number of hydrogen-bond donors (Lipinski definition) is 1. The zero-order chi connectivity index (χ0) is 15.5. The van der Waals surface area contributed by atoms with Crippen molar-refractivity contribution in [3.05, 3.63) is 65.5 Å². The third kappa shape index (κ3) is 4.04. The van der Waals surface area contributed by atoms with Gasteiger partial charge < -0.3 is 5.32 Å². The van der Waals surface area contributed by atoms with Gasteiger partial charge in [-0.2, -0.15) is 13.2 Å². The van der Waals surface area contributed by atoms with E-state index in [9.17, 15) is 13.2 Å². The predicted molar refractivity (Wildman–Crippen MR) is 75.6 cm³/mol. The molecular weight excluding hydrogens is 277 g/mol. The molecule has 0 spiro atoms. The van der Waals surface area contributed by atoms with E-state index in [0.29, 0.717) is 5.56 Å². The zero-order valence-electron chi connectivity index (χ0n) is 11.9. The Balaban J connectivity index is 2.12. The van der Waals surface area contributed by atoms with Crippen LogP contribution in [0, 0.1) is 0 Å². The topological polar surface area (TPSA) is 24.9 Å². The van der Waals surface area contributed by atoms with Crippen LogP contribution < -0.4 is 5.32 Å². The Labute approximate surface area is 122 Å². The van der Waals surface area contributed by atoms with E-state index in [1.807, 2.05) is 32.0 Å². The molecule has 2 nitrogen and oxygen atoms in total. The van der Waals surface area contributed by atoms with E-state index in [4.69, 9.17) is 0 Å². The second-order valence-corrected chi connectivity index (χ2v) is 4.99. The van der Waals surface area contributed by atoms with Gasteiger partial charge in [0, 0.05) is 18.3 Å². The van der Waals surface area contributed by atoms with Crippen LogP contribution in [-0.2, 0) is 6.18 Å². The Morgan fingerprint density at radius 3 is 2.38 bits per heavy atom. The number of hydrogen-bond acceptors (Lipinski definition) is 2. The van der Waals surface area contributed by atoms with Gasteiger partial charge in [0.25, 0.3) is 0 Å². The molecule has 21 heavy (non-hydrogen) atoms. The number of benzene rings is 1. The summed E-state index contributed by atoms with van der Waals surface area (Å²) >= 11 is 0. The highest BCUT2D eigenvalue weighted by atomic mass is 19.4. The van der Waals surface area contributed by atoms with Crippen molar-refractivity contribution in [3.63, 3.8) is 0 Å². The summed E-state index contributed by atoms with van der Waals surface area (Å²) in [6, 6.07) is 10.7. The molecule has 1 aromatic heterocycles. The van der Waals surface area contributed by atoms with Crippen LogP contribution >= 0.6 is 0 Å². The van der Waals surface area contributed by atoms with E-state index in [-0.39, 0.29) is 12.1 Å². The Morgan fingerprint density at radius 1 is 1.00 bits per heavy atom. The number of pyridine rings is 1. The molecule has 0 fully saturated rings. The molecule has 112 valence electrons. The van der Waals surface area contributed by atoms with E-state index in [2.05, 4.69) is 10.3 Å². The molecule has 0 bridgehead atoms. The Morgan fingerprint density at radius 2 is 1.76 bits per heavy atom. The second kappa shape index (κ2) is 6.26. The monoisotopic (exact) mass is 294 g/mol. The number of nitrogens with zero attached hydrogens (tertiary/aromatic N) is 1. The van der Waals surface area contributed by atoms with E-state index < -0.39 is 11.7 Å². The molecule has 0 aliphatic rings. The second-order valence-electron chi connectivity index (χ2n) is 4.99. The van der Waals surface area contributed by atoms with Crippen molar-refractivity contribution >= 4 is 0 Å². The van der Waals surface area contributed by atoms with Crippen molar-refractivity contribution in [1.82, 2.24) is 10.3 Å². The van der Waals surface area contributed by atoms with E-state index in [1.165, 1.54) is 12.1 Å². The summed E-state index contributed by atoms with van der Waals surface area (Å²) in [5, 5.41) is 3.26. The molecule has 1 N–H and O–H groups in total. The van der Waals surface area contributed by atoms with Crippen molar-refractivity contribution in [1.29, 1.82) is 0 Å². The highest BCUT2D eigenvalue weighted by Crippen LogP contribution is 2.31. The van der Waals surface area contributed by atoms with Crippen LogP contribution in [0.25, 0.3) is 0 Å². The fourth-order valence-electron chi connectivity index (χ4n) is 2.17. The summed E-state index contributed by atoms with van der Waals surface area (Å²) in [5.74, 6) is 0. The Hall–Kier alpha value is -1.88. The highest BCUT2D eigenvalue weighted by Gasteiger charge is 2.30. The molecule has 2 rings (SSSR count). The average Bonchev–Trinajstić information content (AvgIpc) is 2.47. The predicted octanol–water partition coefficient (Wildman–Crippen LogP) is 4.51. The van der Waals surface area contributed by atoms with Gasteiger partial charge in [-0.15, -0.1) is 0 Å². The average molecular weight is 294 g/mol. The van der Waals surface area contributed by atoms with Gasteiger partial charge in [-0.1, -0.05) is 18.2 Å². The van der Waals surface area contributed by atoms with Crippen LogP contribution in [0.4, 0.5) is 13.2 Å². The van der Waals surface area contributed by atoms with Gasteiger partial charge >= 0.3 is 6.18 Å². The van der Waals surface area contributed by atoms with Crippen molar-refractivity contribution in [2.45, 2.75) is 32.1 Å². The Bertz CT molecular complexity index is 582. The van der Waals surface area contributed by atoms with Crippen molar-refractivity contribution in [2.75, 3.05) is 0 Å². The lowest BCUT2D eigenvalue weighted by Crippen LogP contribution is -2.23. The molecule has 0 aliphatic carbocycles. The fourth-order valence-corrected chi connectivity index (χ4v) is 2.17. The standard InChI is InChI=1S/C16H17F3N2/c1-11(21-12(2)15-8-3-4-9-20-15)13-6-5-7-14(10-13)16(17,18)19/h3-12,21H,1-2H3/t11?,12-/m1/s1. The summed E-state index contributed by atoms with van der Waals surface area (Å²) in [5.41, 5.74) is 0.836. The fraction of sp³-hybridized carbons (Fsp3) is 0.312. The number of rotatable bonds is 4. The van der Waals surface area contributed by atoms with E-state index in [1.54, 1.807) is 12.3 Å². The first kappa shape index (κ1) is 15.5. The van der Waals surface area contributed by atoms with Crippen LogP contribution in [0.2, 0.25) is 0 Å². The molecule has 0 aliphatic heterocycles. The lowest BCUT2D eigenvalue weighted by atomic mass is 10.0. The molecule has 0 saturated heterocycles. The van der Waals surface area contributed by atoms with Crippen LogP contribution in [0.15, 0.2) is 48.7 Å². The minimum Gasteiger partial charge on any atom is -0.302 e. The lowest BCUT2D eigenvalue weighted by molar-refractivity contribution is -0.137. The first-order chi connectivity index (χ1) is 9.88. The quantitative estimate of drug-likeness (QED) is 0.897. The van der Waals surface area contributed by atoms with Crippen molar-refractivity contribution in [2.24, 2.45) is 0 Å². The minimum absolute atomic E-state index is 0.0456. The maximum atomic E-state index is 12.7. The summed E-state index contributed by atoms with van der Waals surface area (Å²) in [6.45, 7) is 3.78. The summed E-state index contributed by atoms with van der Waals surface area (Å²) in [7, 11) is 0. The van der Waals surface area contributed by atoms with Crippen LogP contribution in [0.5, 0.6) is 0 Å². The van der Waals surface area contributed by atoms with Crippen LogP contribution in [0.1, 0.15) is 42.8 Å². The van der Waals surface area contributed by atoms with Crippen LogP contribution in [-0.4, -0.2) is 4.98 Å². The van der Waals surface area contributed by atoms with Crippen molar-refractivity contribution in [3.8, 4) is 0 Å². The van der Waals surface area contributed by atoms with Gasteiger partial charge in [0.05, 0.1) is 11.3 Å². The first-order valence-corrected chi connectivity index (χ1v) is 6.72. The van der Waals surface area contributed by atoms with Gasteiger partial charge in [-0.25, -0.2) is 0 Å². The van der Waals surface area contributed by atoms with Gasteiger partial charge in [0.1, 0.15) is 0 Å². The van der Waals surface area contributed by atoms with Crippen molar-refractivity contribution < 1.29 is 13.2 Å². The minimum atomic E-state index is -4.32. The van der Waals surface area contributed by atoms with E-state index in [0.717, 1.165) is 11.8 Å². The molecule has 0 radical (unpaired) electrons. The van der Waals surface area contributed by atoms with Crippen LogP contribution in [0.3, 0.4) is 0 Å². The molecular formula is C16H17F3N2. The number of aromatic nitrogens is 1.